The van der Waals surface area contributed by atoms with Crippen molar-refractivity contribution in [2.45, 2.75) is 32.9 Å². The van der Waals surface area contributed by atoms with Gasteiger partial charge >= 0.3 is 0 Å². The maximum absolute atomic E-state index is 13.6. The average Bonchev–Trinajstić information content (AvgIpc) is 2.84. The Labute approximate surface area is 117 Å². The zero-order valence-corrected chi connectivity index (χ0v) is 12.2. The van der Waals surface area contributed by atoms with Gasteiger partial charge in [0.25, 0.3) is 0 Å². The molecule has 0 atom stereocenters. The molecule has 0 unspecified atom stereocenters. The van der Waals surface area contributed by atoms with Crippen molar-refractivity contribution in [3.63, 3.8) is 0 Å². The molecule has 0 aliphatic rings. The number of halogens is 1. The van der Waals surface area contributed by atoms with Crippen LogP contribution >= 0.6 is 0 Å². The van der Waals surface area contributed by atoms with E-state index >= 15 is 0 Å². The van der Waals surface area contributed by atoms with Gasteiger partial charge in [-0.3, -0.25) is 0 Å². The van der Waals surface area contributed by atoms with Gasteiger partial charge in [-0.25, -0.2) is 4.39 Å². The topological polar surface area (TPSA) is 47.3 Å². The van der Waals surface area contributed by atoms with Gasteiger partial charge in [-0.1, -0.05) is 5.16 Å². The van der Waals surface area contributed by atoms with Crippen molar-refractivity contribution in [2.75, 3.05) is 7.11 Å². The van der Waals surface area contributed by atoms with Crippen molar-refractivity contribution >= 4 is 0 Å². The van der Waals surface area contributed by atoms with Crippen LogP contribution in [0.5, 0.6) is 5.75 Å². The average molecular weight is 278 g/mol. The van der Waals surface area contributed by atoms with Crippen molar-refractivity contribution < 1.29 is 13.7 Å². The lowest BCUT2D eigenvalue weighted by molar-refractivity contribution is 0.385. The first-order valence-corrected chi connectivity index (χ1v) is 6.43. The number of methoxy groups -OCH3 is 1. The summed E-state index contributed by atoms with van der Waals surface area (Å²) in [6.07, 6.45) is 0. The van der Waals surface area contributed by atoms with Gasteiger partial charge in [0.1, 0.15) is 0 Å². The van der Waals surface area contributed by atoms with E-state index in [-0.39, 0.29) is 11.3 Å². The van der Waals surface area contributed by atoms with Crippen LogP contribution in [0.25, 0.3) is 11.3 Å². The van der Waals surface area contributed by atoms with Crippen LogP contribution in [0.2, 0.25) is 0 Å². The van der Waals surface area contributed by atoms with Crippen molar-refractivity contribution in [2.24, 2.45) is 0 Å². The molecule has 20 heavy (non-hydrogen) atoms. The minimum Gasteiger partial charge on any atom is -0.494 e. The Morgan fingerprint density at radius 3 is 2.65 bits per heavy atom. The molecule has 1 heterocycles. The van der Waals surface area contributed by atoms with E-state index in [0.717, 1.165) is 5.69 Å². The maximum atomic E-state index is 13.6. The van der Waals surface area contributed by atoms with Gasteiger partial charge in [0.2, 0.25) is 0 Å². The third kappa shape index (κ3) is 3.57. The summed E-state index contributed by atoms with van der Waals surface area (Å²) >= 11 is 0. The van der Waals surface area contributed by atoms with Gasteiger partial charge in [0.15, 0.2) is 17.3 Å². The fraction of sp³-hybridized carbons (Fsp3) is 0.400. The normalized spacial score (nSPS) is 11.7. The summed E-state index contributed by atoms with van der Waals surface area (Å²) in [6, 6.07) is 6.49. The van der Waals surface area contributed by atoms with Crippen molar-refractivity contribution in [3.8, 4) is 17.1 Å². The lowest BCUT2D eigenvalue weighted by Gasteiger charge is -2.19. The number of nitrogens with zero attached hydrogens (tertiary/aromatic N) is 1. The summed E-state index contributed by atoms with van der Waals surface area (Å²) < 4.78 is 23.8. The molecule has 0 spiro atoms. The Balaban J connectivity index is 2.14. The largest absolute Gasteiger partial charge is 0.494 e. The first-order chi connectivity index (χ1) is 9.39. The zero-order chi connectivity index (χ0) is 14.8. The number of benzene rings is 1. The molecule has 0 saturated heterocycles. The van der Waals surface area contributed by atoms with E-state index in [1.807, 2.05) is 0 Å². The van der Waals surface area contributed by atoms with Crippen LogP contribution in [0.15, 0.2) is 28.8 Å². The third-order valence-electron chi connectivity index (χ3n) is 2.80. The molecule has 0 radical (unpaired) electrons. The zero-order valence-electron chi connectivity index (χ0n) is 12.2. The lowest BCUT2D eigenvalue weighted by atomic mass is 10.1. The van der Waals surface area contributed by atoms with E-state index in [2.05, 4.69) is 31.2 Å². The Morgan fingerprint density at radius 2 is 2.05 bits per heavy atom. The number of nitrogens with one attached hydrogen (secondary N) is 1. The Hall–Kier alpha value is -1.88. The Kier molecular flexibility index (Phi) is 4.09. The van der Waals surface area contributed by atoms with Crippen LogP contribution in [-0.2, 0) is 6.54 Å². The highest BCUT2D eigenvalue weighted by molar-refractivity contribution is 5.58. The molecule has 1 aromatic heterocycles. The molecule has 1 aromatic carbocycles. The number of ether oxygens (including phenoxy) is 1. The van der Waals surface area contributed by atoms with E-state index in [1.165, 1.54) is 13.2 Å². The summed E-state index contributed by atoms with van der Waals surface area (Å²) in [4.78, 5) is 0. The highest BCUT2D eigenvalue weighted by Crippen LogP contribution is 2.26. The summed E-state index contributed by atoms with van der Waals surface area (Å²) in [5.41, 5.74) is 1.43. The van der Waals surface area contributed by atoms with Gasteiger partial charge < -0.3 is 14.6 Å². The van der Waals surface area contributed by atoms with Crippen LogP contribution in [-0.4, -0.2) is 17.8 Å². The summed E-state index contributed by atoms with van der Waals surface area (Å²) in [7, 11) is 1.43. The van der Waals surface area contributed by atoms with E-state index in [1.54, 1.807) is 18.2 Å². The molecular weight excluding hydrogens is 259 g/mol. The Morgan fingerprint density at radius 1 is 1.30 bits per heavy atom. The summed E-state index contributed by atoms with van der Waals surface area (Å²) in [6.45, 7) is 6.83. The van der Waals surface area contributed by atoms with Crippen LogP contribution in [0.3, 0.4) is 0 Å². The van der Waals surface area contributed by atoms with Gasteiger partial charge in [-0.15, -0.1) is 0 Å². The number of hydrogen-bond acceptors (Lipinski definition) is 4. The molecule has 0 bridgehead atoms. The summed E-state index contributed by atoms with van der Waals surface area (Å²) in [5, 5.41) is 7.29. The fourth-order valence-electron chi connectivity index (χ4n) is 1.71. The van der Waals surface area contributed by atoms with Gasteiger partial charge in [-0.2, -0.15) is 0 Å². The SMILES string of the molecule is COc1ccc(-c2cc(CNC(C)(C)C)no2)cc1F. The van der Waals surface area contributed by atoms with Gasteiger partial charge in [-0.05, 0) is 39.0 Å². The quantitative estimate of drug-likeness (QED) is 0.931. The number of hydrogen-bond donors (Lipinski definition) is 1. The van der Waals surface area contributed by atoms with Crippen molar-refractivity contribution in [1.82, 2.24) is 10.5 Å². The monoisotopic (exact) mass is 278 g/mol. The molecule has 2 aromatic rings. The smallest absolute Gasteiger partial charge is 0.167 e. The first kappa shape index (κ1) is 14.5. The minimum absolute atomic E-state index is 0.00529. The predicted octanol–water partition coefficient (Wildman–Crippen LogP) is 3.38. The van der Waals surface area contributed by atoms with Gasteiger partial charge in [0.05, 0.1) is 12.8 Å². The molecule has 108 valence electrons. The van der Waals surface area contributed by atoms with Crippen molar-refractivity contribution in [3.05, 3.63) is 35.8 Å². The predicted molar refractivity (Wildman–Crippen MR) is 75.0 cm³/mol. The van der Waals surface area contributed by atoms with E-state index in [4.69, 9.17) is 9.26 Å². The molecule has 0 aliphatic carbocycles. The second-order valence-corrected chi connectivity index (χ2v) is 5.64. The number of rotatable bonds is 4. The van der Waals surface area contributed by atoms with Crippen LogP contribution in [0.4, 0.5) is 4.39 Å². The molecule has 4 nitrogen and oxygen atoms in total. The highest BCUT2D eigenvalue weighted by atomic mass is 19.1. The minimum atomic E-state index is -0.421. The Bertz CT molecular complexity index is 588. The van der Waals surface area contributed by atoms with Crippen LogP contribution in [0.1, 0.15) is 26.5 Å². The highest BCUT2D eigenvalue weighted by Gasteiger charge is 2.13. The lowest BCUT2D eigenvalue weighted by Crippen LogP contribution is -2.35. The third-order valence-corrected chi connectivity index (χ3v) is 2.80. The molecule has 0 saturated carbocycles. The van der Waals surface area contributed by atoms with E-state index < -0.39 is 5.82 Å². The molecule has 2 rings (SSSR count). The number of aromatic nitrogens is 1. The molecule has 0 fully saturated rings. The van der Waals surface area contributed by atoms with E-state index in [9.17, 15) is 4.39 Å². The van der Waals surface area contributed by atoms with Crippen LogP contribution < -0.4 is 10.1 Å². The second kappa shape index (κ2) is 5.63. The second-order valence-electron chi connectivity index (χ2n) is 5.64. The summed E-state index contributed by atoms with van der Waals surface area (Å²) in [5.74, 6) is 0.330. The molecule has 1 N–H and O–H groups in total. The van der Waals surface area contributed by atoms with Crippen LogP contribution in [0, 0.1) is 5.82 Å². The van der Waals surface area contributed by atoms with Crippen molar-refractivity contribution in [1.29, 1.82) is 0 Å². The van der Waals surface area contributed by atoms with E-state index in [0.29, 0.717) is 17.9 Å². The maximum Gasteiger partial charge on any atom is 0.167 e. The molecule has 0 amide bonds. The molecular formula is C15H19FN2O2. The standard InChI is InChI=1S/C15H19FN2O2/c1-15(2,3)17-9-11-8-14(20-18-11)10-5-6-13(19-4)12(16)7-10/h5-8,17H,9H2,1-4H3. The van der Waals surface area contributed by atoms with Gasteiger partial charge in [0, 0.05) is 23.7 Å². The fourth-order valence-corrected chi connectivity index (χ4v) is 1.71. The molecule has 5 heteroatoms. The molecule has 0 aliphatic heterocycles. The first-order valence-electron chi connectivity index (χ1n) is 6.43.